The van der Waals surface area contributed by atoms with Gasteiger partial charge in [0.15, 0.2) is 6.61 Å². The highest BCUT2D eigenvalue weighted by Gasteiger charge is 2.51. The first-order chi connectivity index (χ1) is 12.3. The Morgan fingerprint density at radius 1 is 1.19 bits per heavy atom. The van der Waals surface area contributed by atoms with Gasteiger partial charge in [0, 0.05) is 19.3 Å². The number of carbonyl (C=O) groups is 1. The SMILES string of the molecule is CC1(C)OB(c2cccc(OCC(=O)NC3CCOCC3)c2)OC1(C)C. The van der Waals surface area contributed by atoms with Crippen LogP contribution in [0.3, 0.4) is 0 Å². The molecule has 0 spiro atoms. The molecule has 6 nitrogen and oxygen atoms in total. The molecular weight excluding hydrogens is 333 g/mol. The van der Waals surface area contributed by atoms with Crippen molar-refractivity contribution >= 4 is 18.5 Å². The smallest absolute Gasteiger partial charge is 0.484 e. The van der Waals surface area contributed by atoms with Crippen LogP contribution in [0.1, 0.15) is 40.5 Å². The van der Waals surface area contributed by atoms with E-state index in [9.17, 15) is 4.79 Å². The summed E-state index contributed by atoms with van der Waals surface area (Å²) in [5.41, 5.74) is 0.0990. The van der Waals surface area contributed by atoms with Crippen molar-refractivity contribution in [3.8, 4) is 5.75 Å². The Morgan fingerprint density at radius 3 is 2.50 bits per heavy atom. The van der Waals surface area contributed by atoms with E-state index in [1.54, 1.807) is 0 Å². The number of hydrogen-bond acceptors (Lipinski definition) is 5. The van der Waals surface area contributed by atoms with Gasteiger partial charge >= 0.3 is 7.12 Å². The predicted octanol–water partition coefficient (Wildman–Crippen LogP) is 1.66. The third-order valence-electron chi connectivity index (χ3n) is 5.34. The molecule has 1 amide bonds. The van der Waals surface area contributed by atoms with Crippen LogP contribution in [-0.4, -0.2) is 50.1 Å². The quantitative estimate of drug-likeness (QED) is 0.808. The van der Waals surface area contributed by atoms with Crippen molar-refractivity contribution in [1.82, 2.24) is 5.32 Å². The minimum absolute atomic E-state index is 0.00974. The fraction of sp³-hybridized carbons (Fsp3) is 0.632. The number of hydrogen-bond donors (Lipinski definition) is 1. The summed E-state index contributed by atoms with van der Waals surface area (Å²) in [6.07, 6.45) is 1.70. The lowest BCUT2D eigenvalue weighted by atomic mass is 9.79. The van der Waals surface area contributed by atoms with Gasteiger partial charge in [0.25, 0.3) is 5.91 Å². The number of ether oxygens (including phenoxy) is 2. The molecule has 2 aliphatic heterocycles. The van der Waals surface area contributed by atoms with E-state index < -0.39 is 18.3 Å². The summed E-state index contributed by atoms with van der Waals surface area (Å²) in [7, 11) is -0.445. The van der Waals surface area contributed by atoms with Crippen LogP contribution >= 0.6 is 0 Å². The van der Waals surface area contributed by atoms with Crippen molar-refractivity contribution in [2.24, 2.45) is 0 Å². The third-order valence-corrected chi connectivity index (χ3v) is 5.34. The molecule has 2 aliphatic rings. The van der Waals surface area contributed by atoms with Crippen LogP contribution in [0.15, 0.2) is 24.3 Å². The van der Waals surface area contributed by atoms with Crippen LogP contribution in [0, 0.1) is 0 Å². The molecule has 26 heavy (non-hydrogen) atoms. The van der Waals surface area contributed by atoms with Gasteiger partial charge in [-0.2, -0.15) is 0 Å². The highest BCUT2D eigenvalue weighted by Crippen LogP contribution is 2.36. The topological polar surface area (TPSA) is 66.0 Å². The van der Waals surface area contributed by atoms with Crippen molar-refractivity contribution in [3.63, 3.8) is 0 Å². The summed E-state index contributed by atoms with van der Waals surface area (Å²) in [6, 6.07) is 7.69. The van der Waals surface area contributed by atoms with Crippen molar-refractivity contribution in [2.45, 2.75) is 57.8 Å². The molecular formula is C19H28BNO5. The molecule has 0 radical (unpaired) electrons. The normalized spacial score (nSPS) is 22.2. The highest BCUT2D eigenvalue weighted by atomic mass is 16.7. The molecule has 142 valence electrons. The Balaban J connectivity index is 1.55. The Labute approximate surface area is 155 Å². The summed E-state index contributed by atoms with van der Waals surface area (Å²) < 4.78 is 23.1. The van der Waals surface area contributed by atoms with Gasteiger partial charge in [-0.3, -0.25) is 4.79 Å². The molecule has 1 aromatic rings. The van der Waals surface area contributed by atoms with Crippen molar-refractivity contribution in [1.29, 1.82) is 0 Å². The molecule has 0 saturated carbocycles. The molecule has 1 N–H and O–H groups in total. The molecule has 0 bridgehead atoms. The lowest BCUT2D eigenvalue weighted by Crippen LogP contribution is -2.41. The average Bonchev–Trinajstić information content (AvgIpc) is 2.82. The maximum absolute atomic E-state index is 12.1. The Hall–Kier alpha value is -1.57. The summed E-state index contributed by atoms with van der Waals surface area (Å²) >= 11 is 0. The van der Waals surface area contributed by atoms with Gasteiger partial charge in [0.2, 0.25) is 0 Å². The lowest BCUT2D eigenvalue weighted by Gasteiger charge is -2.32. The van der Waals surface area contributed by atoms with Crippen molar-refractivity contribution in [3.05, 3.63) is 24.3 Å². The molecule has 0 atom stereocenters. The fourth-order valence-electron chi connectivity index (χ4n) is 2.99. The van der Waals surface area contributed by atoms with Crippen LogP contribution in [0.5, 0.6) is 5.75 Å². The molecule has 0 aromatic heterocycles. The first-order valence-corrected chi connectivity index (χ1v) is 9.22. The van der Waals surface area contributed by atoms with Gasteiger partial charge in [0.1, 0.15) is 5.75 Å². The minimum atomic E-state index is -0.445. The summed E-state index contributed by atoms with van der Waals surface area (Å²) in [6.45, 7) is 9.47. The first kappa shape index (κ1) is 19.2. The van der Waals surface area contributed by atoms with E-state index in [-0.39, 0.29) is 18.6 Å². The van der Waals surface area contributed by atoms with Gasteiger partial charge in [-0.05, 0) is 58.1 Å². The predicted molar refractivity (Wildman–Crippen MR) is 99.6 cm³/mol. The second kappa shape index (κ2) is 7.58. The maximum atomic E-state index is 12.1. The van der Waals surface area contributed by atoms with E-state index >= 15 is 0 Å². The van der Waals surface area contributed by atoms with E-state index in [1.807, 2.05) is 52.0 Å². The zero-order valence-electron chi connectivity index (χ0n) is 16.0. The van der Waals surface area contributed by atoms with Gasteiger partial charge in [0.05, 0.1) is 11.2 Å². The zero-order valence-corrected chi connectivity index (χ0v) is 16.0. The molecule has 0 aliphatic carbocycles. The Morgan fingerprint density at radius 2 is 1.85 bits per heavy atom. The fourth-order valence-corrected chi connectivity index (χ4v) is 2.99. The molecule has 2 fully saturated rings. The van der Waals surface area contributed by atoms with Crippen LogP contribution in [-0.2, 0) is 18.8 Å². The third kappa shape index (κ3) is 4.39. The number of benzene rings is 1. The van der Waals surface area contributed by atoms with Crippen molar-refractivity contribution in [2.75, 3.05) is 19.8 Å². The summed E-state index contributed by atoms with van der Waals surface area (Å²) in [5, 5.41) is 2.99. The standard InChI is InChI=1S/C19H28BNO5/c1-18(2)19(3,4)26-20(25-18)14-6-5-7-16(12-14)24-13-17(22)21-15-8-10-23-11-9-15/h5-7,12,15H,8-11,13H2,1-4H3,(H,21,22). The zero-order chi connectivity index (χ0) is 18.8. The van der Waals surface area contributed by atoms with Gasteiger partial charge in [-0.1, -0.05) is 12.1 Å². The van der Waals surface area contributed by atoms with E-state index in [0.717, 1.165) is 18.3 Å². The highest BCUT2D eigenvalue weighted by molar-refractivity contribution is 6.62. The molecule has 1 aromatic carbocycles. The number of rotatable bonds is 5. The van der Waals surface area contributed by atoms with E-state index in [0.29, 0.717) is 19.0 Å². The Bertz CT molecular complexity index is 627. The van der Waals surface area contributed by atoms with E-state index in [1.165, 1.54) is 0 Å². The van der Waals surface area contributed by atoms with Crippen LogP contribution in [0.2, 0.25) is 0 Å². The molecule has 2 saturated heterocycles. The second-order valence-corrected chi connectivity index (χ2v) is 7.90. The van der Waals surface area contributed by atoms with Crippen LogP contribution < -0.4 is 15.5 Å². The van der Waals surface area contributed by atoms with Gasteiger partial charge < -0.3 is 24.1 Å². The molecule has 0 unspecified atom stereocenters. The van der Waals surface area contributed by atoms with Crippen LogP contribution in [0.4, 0.5) is 0 Å². The molecule has 7 heteroatoms. The maximum Gasteiger partial charge on any atom is 0.494 e. The van der Waals surface area contributed by atoms with Crippen molar-refractivity contribution < 1.29 is 23.6 Å². The number of nitrogens with one attached hydrogen (secondary N) is 1. The second-order valence-electron chi connectivity index (χ2n) is 7.90. The van der Waals surface area contributed by atoms with E-state index in [4.69, 9.17) is 18.8 Å². The molecule has 2 heterocycles. The molecule has 3 rings (SSSR count). The summed E-state index contributed by atoms with van der Waals surface area (Å²) in [5.74, 6) is 0.511. The van der Waals surface area contributed by atoms with Gasteiger partial charge in [-0.15, -0.1) is 0 Å². The van der Waals surface area contributed by atoms with E-state index in [2.05, 4.69) is 5.32 Å². The number of carbonyl (C=O) groups excluding carboxylic acids is 1. The van der Waals surface area contributed by atoms with Gasteiger partial charge in [-0.25, -0.2) is 0 Å². The monoisotopic (exact) mass is 361 g/mol. The summed E-state index contributed by atoms with van der Waals surface area (Å²) in [4.78, 5) is 12.1. The minimum Gasteiger partial charge on any atom is -0.484 e. The average molecular weight is 361 g/mol. The first-order valence-electron chi connectivity index (χ1n) is 9.22. The number of amides is 1. The van der Waals surface area contributed by atoms with Crippen LogP contribution in [0.25, 0.3) is 0 Å². The lowest BCUT2D eigenvalue weighted by molar-refractivity contribution is -0.124. The Kier molecular flexibility index (Phi) is 5.60. The largest absolute Gasteiger partial charge is 0.494 e.